The van der Waals surface area contributed by atoms with Gasteiger partial charge in [0.25, 0.3) is 0 Å². The number of ether oxygens (including phenoxy) is 1. The van der Waals surface area contributed by atoms with Crippen LogP contribution < -0.4 is 5.32 Å². The summed E-state index contributed by atoms with van der Waals surface area (Å²) < 4.78 is 7.35. The number of rotatable bonds is 5. The SMILES string of the molecule is c1ccc(Cn2cc(NCC3CCOCC3)cn2)cc1. The molecule has 20 heavy (non-hydrogen) atoms. The van der Waals surface area contributed by atoms with E-state index >= 15 is 0 Å². The van der Waals surface area contributed by atoms with Crippen LogP contribution >= 0.6 is 0 Å². The van der Waals surface area contributed by atoms with E-state index in [1.165, 1.54) is 5.56 Å². The lowest BCUT2D eigenvalue weighted by atomic mass is 10.0. The van der Waals surface area contributed by atoms with Gasteiger partial charge in [-0.3, -0.25) is 4.68 Å². The van der Waals surface area contributed by atoms with Gasteiger partial charge < -0.3 is 10.1 Å². The van der Waals surface area contributed by atoms with Gasteiger partial charge in [-0.15, -0.1) is 0 Å². The highest BCUT2D eigenvalue weighted by atomic mass is 16.5. The van der Waals surface area contributed by atoms with Crippen molar-refractivity contribution in [3.63, 3.8) is 0 Å². The van der Waals surface area contributed by atoms with E-state index in [0.717, 1.165) is 50.8 Å². The summed E-state index contributed by atoms with van der Waals surface area (Å²) in [6.07, 6.45) is 6.30. The van der Waals surface area contributed by atoms with Gasteiger partial charge in [0.2, 0.25) is 0 Å². The monoisotopic (exact) mass is 271 g/mol. The summed E-state index contributed by atoms with van der Waals surface area (Å²) in [4.78, 5) is 0. The molecule has 1 aliphatic rings. The fraction of sp³-hybridized carbons (Fsp3) is 0.438. The van der Waals surface area contributed by atoms with Crippen molar-refractivity contribution in [2.24, 2.45) is 5.92 Å². The maximum atomic E-state index is 5.38. The van der Waals surface area contributed by atoms with Crippen LogP contribution in [0.25, 0.3) is 0 Å². The summed E-state index contributed by atoms with van der Waals surface area (Å²) in [6.45, 7) is 3.64. The van der Waals surface area contributed by atoms with E-state index in [-0.39, 0.29) is 0 Å². The summed E-state index contributed by atoms with van der Waals surface area (Å²) in [5.41, 5.74) is 2.37. The second-order valence-electron chi connectivity index (χ2n) is 5.35. The smallest absolute Gasteiger partial charge is 0.0726 e. The molecule has 0 aliphatic carbocycles. The van der Waals surface area contributed by atoms with Crippen molar-refractivity contribution in [2.45, 2.75) is 19.4 Å². The minimum absolute atomic E-state index is 0.723. The minimum Gasteiger partial charge on any atom is -0.382 e. The molecule has 1 fully saturated rings. The Hall–Kier alpha value is -1.81. The van der Waals surface area contributed by atoms with Crippen LogP contribution in [0.15, 0.2) is 42.7 Å². The lowest BCUT2D eigenvalue weighted by Crippen LogP contribution is -2.22. The van der Waals surface area contributed by atoms with Crippen molar-refractivity contribution in [2.75, 3.05) is 25.1 Å². The van der Waals surface area contributed by atoms with Crippen molar-refractivity contribution in [3.05, 3.63) is 48.3 Å². The van der Waals surface area contributed by atoms with E-state index < -0.39 is 0 Å². The Balaban J connectivity index is 1.51. The Bertz CT molecular complexity index is 518. The van der Waals surface area contributed by atoms with E-state index in [1.54, 1.807) is 0 Å². The van der Waals surface area contributed by atoms with Crippen molar-refractivity contribution < 1.29 is 4.74 Å². The third kappa shape index (κ3) is 3.61. The number of anilines is 1. The van der Waals surface area contributed by atoms with Gasteiger partial charge in [0, 0.05) is 26.0 Å². The van der Waals surface area contributed by atoms with Crippen molar-refractivity contribution in [1.29, 1.82) is 0 Å². The standard InChI is InChI=1S/C16H21N3O/c1-2-4-15(5-3-1)12-19-13-16(11-18-19)17-10-14-6-8-20-9-7-14/h1-5,11,13-14,17H,6-10,12H2. The van der Waals surface area contributed by atoms with Crippen LogP contribution in [0.1, 0.15) is 18.4 Å². The zero-order chi connectivity index (χ0) is 13.6. The van der Waals surface area contributed by atoms with Gasteiger partial charge in [0.15, 0.2) is 0 Å². The van der Waals surface area contributed by atoms with E-state index in [2.05, 4.69) is 40.9 Å². The molecule has 0 unspecified atom stereocenters. The van der Waals surface area contributed by atoms with Gasteiger partial charge in [-0.2, -0.15) is 5.10 Å². The minimum atomic E-state index is 0.723. The first kappa shape index (κ1) is 13.2. The molecule has 0 amide bonds. The normalized spacial score (nSPS) is 16.2. The molecule has 4 nitrogen and oxygen atoms in total. The molecular weight excluding hydrogens is 250 g/mol. The number of aromatic nitrogens is 2. The van der Waals surface area contributed by atoms with Crippen LogP contribution in [0.5, 0.6) is 0 Å². The summed E-state index contributed by atoms with van der Waals surface area (Å²) in [6, 6.07) is 10.4. The second-order valence-corrected chi connectivity index (χ2v) is 5.35. The molecule has 106 valence electrons. The van der Waals surface area contributed by atoms with E-state index in [4.69, 9.17) is 4.74 Å². The quantitative estimate of drug-likeness (QED) is 0.909. The molecule has 1 aromatic carbocycles. The third-order valence-corrected chi connectivity index (χ3v) is 3.76. The highest BCUT2D eigenvalue weighted by Gasteiger charge is 2.13. The first-order valence-corrected chi connectivity index (χ1v) is 7.28. The lowest BCUT2D eigenvalue weighted by Gasteiger charge is -2.22. The molecule has 0 spiro atoms. The highest BCUT2D eigenvalue weighted by Crippen LogP contribution is 2.16. The maximum absolute atomic E-state index is 5.38. The van der Waals surface area contributed by atoms with E-state index in [0.29, 0.717) is 0 Å². The van der Waals surface area contributed by atoms with Crippen LogP contribution in [0.3, 0.4) is 0 Å². The maximum Gasteiger partial charge on any atom is 0.0726 e. The van der Waals surface area contributed by atoms with Crippen LogP contribution in [-0.4, -0.2) is 29.5 Å². The molecular formula is C16H21N3O. The van der Waals surface area contributed by atoms with Gasteiger partial charge in [-0.1, -0.05) is 30.3 Å². The van der Waals surface area contributed by atoms with Gasteiger partial charge >= 0.3 is 0 Å². The van der Waals surface area contributed by atoms with E-state index in [9.17, 15) is 0 Å². The number of nitrogens with one attached hydrogen (secondary N) is 1. The Morgan fingerprint density at radius 3 is 2.80 bits per heavy atom. The van der Waals surface area contributed by atoms with Gasteiger partial charge in [-0.05, 0) is 24.3 Å². The molecule has 0 atom stereocenters. The van der Waals surface area contributed by atoms with Gasteiger partial charge in [-0.25, -0.2) is 0 Å². The number of hydrogen-bond donors (Lipinski definition) is 1. The highest BCUT2D eigenvalue weighted by molar-refractivity contribution is 5.38. The molecule has 0 saturated carbocycles. The van der Waals surface area contributed by atoms with Crippen molar-refractivity contribution >= 4 is 5.69 Å². The average Bonchev–Trinajstić information content (AvgIpc) is 2.95. The number of hydrogen-bond acceptors (Lipinski definition) is 3. The second kappa shape index (κ2) is 6.57. The fourth-order valence-corrected chi connectivity index (χ4v) is 2.52. The molecule has 2 heterocycles. The van der Waals surface area contributed by atoms with Crippen molar-refractivity contribution in [1.82, 2.24) is 9.78 Å². The predicted molar refractivity (Wildman–Crippen MR) is 79.8 cm³/mol. The number of nitrogens with zero attached hydrogens (tertiary/aromatic N) is 2. The Kier molecular flexibility index (Phi) is 4.33. The summed E-state index contributed by atoms with van der Waals surface area (Å²) in [5.74, 6) is 0.723. The summed E-state index contributed by atoms with van der Waals surface area (Å²) in [7, 11) is 0. The summed E-state index contributed by atoms with van der Waals surface area (Å²) in [5, 5.41) is 7.89. The first-order chi connectivity index (χ1) is 9.90. The topological polar surface area (TPSA) is 39.1 Å². The average molecular weight is 271 g/mol. The predicted octanol–water partition coefficient (Wildman–Crippen LogP) is 2.77. The number of benzene rings is 1. The zero-order valence-electron chi connectivity index (χ0n) is 11.7. The van der Waals surface area contributed by atoms with E-state index in [1.807, 2.05) is 16.9 Å². The fourth-order valence-electron chi connectivity index (χ4n) is 2.52. The molecule has 4 heteroatoms. The van der Waals surface area contributed by atoms with Crippen LogP contribution in [0, 0.1) is 5.92 Å². The molecule has 2 aromatic rings. The first-order valence-electron chi connectivity index (χ1n) is 7.28. The molecule has 1 saturated heterocycles. The lowest BCUT2D eigenvalue weighted by molar-refractivity contribution is 0.0699. The largest absolute Gasteiger partial charge is 0.382 e. The van der Waals surface area contributed by atoms with Crippen LogP contribution in [0.4, 0.5) is 5.69 Å². The molecule has 1 aromatic heterocycles. The third-order valence-electron chi connectivity index (χ3n) is 3.76. The molecule has 0 radical (unpaired) electrons. The molecule has 1 N–H and O–H groups in total. The van der Waals surface area contributed by atoms with Gasteiger partial charge in [0.05, 0.1) is 18.4 Å². The Labute approximate surface area is 119 Å². The van der Waals surface area contributed by atoms with Gasteiger partial charge in [0.1, 0.15) is 0 Å². The van der Waals surface area contributed by atoms with Crippen molar-refractivity contribution in [3.8, 4) is 0 Å². The Morgan fingerprint density at radius 1 is 1.20 bits per heavy atom. The summed E-state index contributed by atoms with van der Waals surface area (Å²) >= 11 is 0. The molecule has 3 rings (SSSR count). The molecule has 1 aliphatic heterocycles. The van der Waals surface area contributed by atoms with Crippen LogP contribution in [0.2, 0.25) is 0 Å². The molecule has 0 bridgehead atoms. The van der Waals surface area contributed by atoms with Crippen LogP contribution in [-0.2, 0) is 11.3 Å². The Morgan fingerprint density at radius 2 is 2.00 bits per heavy atom. The zero-order valence-corrected chi connectivity index (χ0v) is 11.7.